The summed E-state index contributed by atoms with van der Waals surface area (Å²) >= 11 is 0. The first-order valence-corrected chi connectivity index (χ1v) is 8.23. The van der Waals surface area contributed by atoms with Gasteiger partial charge >= 0.3 is 0 Å². The van der Waals surface area contributed by atoms with Crippen LogP contribution in [0.4, 0.5) is 11.4 Å². The molecule has 1 N–H and O–H groups in total. The predicted molar refractivity (Wildman–Crippen MR) is 103 cm³/mol. The minimum absolute atomic E-state index is 0.157. The standard InChI is InChI=1S/C20H17N3O4/c1-22(20(25)15-8-4-9-16(12-15)23(26)27)13-19(24)21-18-11-5-7-14-6-2-3-10-17(14)18/h2-12H,13H2,1H3,(H,21,24). The molecule has 0 saturated heterocycles. The molecular weight excluding hydrogens is 346 g/mol. The third kappa shape index (κ3) is 4.09. The fourth-order valence-corrected chi connectivity index (χ4v) is 2.78. The summed E-state index contributed by atoms with van der Waals surface area (Å²) in [5.41, 5.74) is 0.647. The van der Waals surface area contributed by atoms with Crippen molar-refractivity contribution in [3.05, 3.63) is 82.4 Å². The Kier molecular flexibility index (Phi) is 5.12. The van der Waals surface area contributed by atoms with Gasteiger partial charge in [-0.1, -0.05) is 42.5 Å². The quantitative estimate of drug-likeness (QED) is 0.555. The molecule has 0 aromatic heterocycles. The lowest BCUT2D eigenvalue weighted by atomic mass is 10.1. The molecule has 0 heterocycles. The molecule has 0 spiro atoms. The molecule has 0 aliphatic carbocycles. The number of hydrogen-bond acceptors (Lipinski definition) is 4. The number of benzene rings is 3. The second-order valence-electron chi connectivity index (χ2n) is 6.04. The Balaban J connectivity index is 1.71. The summed E-state index contributed by atoms with van der Waals surface area (Å²) in [7, 11) is 1.48. The molecule has 2 amide bonds. The predicted octanol–water partition coefficient (Wildman–Crippen LogP) is 3.46. The van der Waals surface area contributed by atoms with Gasteiger partial charge in [0.15, 0.2) is 0 Å². The second kappa shape index (κ2) is 7.65. The molecule has 0 unspecified atom stereocenters. The first-order chi connectivity index (χ1) is 13.0. The SMILES string of the molecule is CN(CC(=O)Nc1cccc2ccccc12)C(=O)c1cccc([N+](=O)[O-])c1. The molecule has 7 nitrogen and oxygen atoms in total. The van der Waals surface area contributed by atoms with E-state index in [0.29, 0.717) is 5.69 Å². The summed E-state index contributed by atoms with van der Waals surface area (Å²) in [6.07, 6.45) is 0. The summed E-state index contributed by atoms with van der Waals surface area (Å²) in [5.74, 6) is -0.820. The number of carbonyl (C=O) groups is 2. The van der Waals surface area contributed by atoms with Gasteiger partial charge in [-0.05, 0) is 17.5 Å². The minimum Gasteiger partial charge on any atom is -0.332 e. The Morgan fingerprint density at radius 3 is 2.52 bits per heavy atom. The number of amides is 2. The maximum absolute atomic E-state index is 12.4. The van der Waals surface area contributed by atoms with E-state index in [4.69, 9.17) is 0 Å². The van der Waals surface area contributed by atoms with Gasteiger partial charge in [-0.2, -0.15) is 0 Å². The number of likely N-dealkylation sites (N-methyl/N-ethyl adjacent to an activating group) is 1. The summed E-state index contributed by atoms with van der Waals surface area (Å²) in [6, 6.07) is 18.7. The maximum atomic E-state index is 12.4. The number of non-ortho nitro benzene ring substituents is 1. The van der Waals surface area contributed by atoms with Crippen LogP contribution in [-0.4, -0.2) is 35.2 Å². The molecule has 0 aliphatic heterocycles. The normalized spacial score (nSPS) is 10.4. The van der Waals surface area contributed by atoms with E-state index in [1.165, 1.54) is 36.2 Å². The maximum Gasteiger partial charge on any atom is 0.270 e. The molecular formula is C20H17N3O4. The third-order valence-corrected chi connectivity index (χ3v) is 4.10. The molecule has 136 valence electrons. The van der Waals surface area contributed by atoms with Crippen molar-refractivity contribution in [1.29, 1.82) is 0 Å². The number of anilines is 1. The number of nitrogens with zero attached hydrogens (tertiary/aromatic N) is 2. The highest BCUT2D eigenvalue weighted by atomic mass is 16.6. The Morgan fingerprint density at radius 2 is 1.74 bits per heavy atom. The first kappa shape index (κ1) is 18.1. The van der Waals surface area contributed by atoms with Crippen LogP contribution in [0.1, 0.15) is 10.4 Å². The van der Waals surface area contributed by atoms with Crippen molar-refractivity contribution in [1.82, 2.24) is 4.90 Å². The zero-order valence-corrected chi connectivity index (χ0v) is 14.6. The van der Waals surface area contributed by atoms with Crippen molar-refractivity contribution in [2.75, 3.05) is 18.9 Å². The lowest BCUT2D eigenvalue weighted by Gasteiger charge is -2.17. The molecule has 27 heavy (non-hydrogen) atoms. The Hall–Kier alpha value is -3.74. The summed E-state index contributed by atoms with van der Waals surface area (Å²) in [5, 5.41) is 15.6. The van der Waals surface area contributed by atoms with Crippen molar-refractivity contribution in [3.8, 4) is 0 Å². The monoisotopic (exact) mass is 363 g/mol. The van der Waals surface area contributed by atoms with Crippen molar-refractivity contribution in [2.45, 2.75) is 0 Å². The fourth-order valence-electron chi connectivity index (χ4n) is 2.78. The molecule has 3 rings (SSSR count). The van der Waals surface area contributed by atoms with Gasteiger partial charge in [0.1, 0.15) is 0 Å². The number of nitrogens with one attached hydrogen (secondary N) is 1. The van der Waals surface area contributed by atoms with Gasteiger partial charge in [0.25, 0.3) is 11.6 Å². The number of nitro groups is 1. The molecule has 0 saturated carbocycles. The number of carbonyl (C=O) groups excluding carboxylic acids is 2. The van der Waals surface area contributed by atoms with E-state index in [2.05, 4.69) is 5.32 Å². The summed E-state index contributed by atoms with van der Waals surface area (Å²) < 4.78 is 0. The van der Waals surface area contributed by atoms with Crippen LogP contribution in [-0.2, 0) is 4.79 Å². The van der Waals surface area contributed by atoms with Crippen LogP contribution in [0.25, 0.3) is 10.8 Å². The van der Waals surface area contributed by atoms with Crippen molar-refractivity contribution >= 4 is 34.0 Å². The Bertz CT molecular complexity index is 1030. The van der Waals surface area contributed by atoms with Gasteiger partial charge in [-0.15, -0.1) is 0 Å². The number of hydrogen-bond donors (Lipinski definition) is 1. The van der Waals surface area contributed by atoms with Gasteiger partial charge in [0, 0.05) is 35.8 Å². The number of nitro benzene ring substituents is 1. The largest absolute Gasteiger partial charge is 0.332 e. The fraction of sp³-hybridized carbons (Fsp3) is 0.100. The highest BCUT2D eigenvalue weighted by Crippen LogP contribution is 2.23. The van der Waals surface area contributed by atoms with Crippen LogP contribution in [0.2, 0.25) is 0 Å². The molecule has 0 radical (unpaired) electrons. The first-order valence-electron chi connectivity index (χ1n) is 8.23. The highest BCUT2D eigenvalue weighted by Gasteiger charge is 2.18. The topological polar surface area (TPSA) is 92.6 Å². The lowest BCUT2D eigenvalue weighted by Crippen LogP contribution is -2.35. The van der Waals surface area contributed by atoms with Crippen molar-refractivity contribution in [2.24, 2.45) is 0 Å². The molecule has 0 atom stereocenters. The van der Waals surface area contributed by atoms with Gasteiger partial charge < -0.3 is 10.2 Å². The average molecular weight is 363 g/mol. The Morgan fingerprint density at radius 1 is 1.04 bits per heavy atom. The van der Waals surface area contributed by atoms with Gasteiger partial charge in [-0.25, -0.2) is 0 Å². The van der Waals surface area contributed by atoms with Crippen LogP contribution < -0.4 is 5.32 Å². The molecule has 3 aromatic rings. The smallest absolute Gasteiger partial charge is 0.270 e. The van der Waals surface area contributed by atoms with Crippen LogP contribution >= 0.6 is 0 Å². The van der Waals surface area contributed by atoms with E-state index >= 15 is 0 Å². The van der Waals surface area contributed by atoms with Crippen LogP contribution in [0.3, 0.4) is 0 Å². The van der Waals surface area contributed by atoms with E-state index in [1.54, 1.807) is 6.07 Å². The highest BCUT2D eigenvalue weighted by molar-refractivity contribution is 6.04. The lowest BCUT2D eigenvalue weighted by molar-refractivity contribution is -0.384. The van der Waals surface area contributed by atoms with Crippen molar-refractivity contribution < 1.29 is 14.5 Å². The summed E-state index contributed by atoms with van der Waals surface area (Å²) in [4.78, 5) is 36.3. The average Bonchev–Trinajstić information content (AvgIpc) is 2.67. The number of fused-ring (bicyclic) bond motifs is 1. The van der Waals surface area contributed by atoms with Crippen LogP contribution in [0.5, 0.6) is 0 Å². The zero-order chi connectivity index (χ0) is 19.4. The molecule has 0 fully saturated rings. The third-order valence-electron chi connectivity index (χ3n) is 4.10. The second-order valence-corrected chi connectivity index (χ2v) is 6.04. The molecule has 0 aliphatic rings. The molecule has 7 heteroatoms. The van der Waals surface area contributed by atoms with Crippen molar-refractivity contribution in [3.63, 3.8) is 0 Å². The molecule has 3 aromatic carbocycles. The van der Waals surface area contributed by atoms with E-state index in [-0.39, 0.29) is 23.7 Å². The van der Waals surface area contributed by atoms with Gasteiger partial charge in [-0.3, -0.25) is 19.7 Å². The van der Waals surface area contributed by atoms with E-state index in [9.17, 15) is 19.7 Å². The van der Waals surface area contributed by atoms with Gasteiger partial charge in [0.05, 0.1) is 11.5 Å². The van der Waals surface area contributed by atoms with Crippen LogP contribution in [0.15, 0.2) is 66.7 Å². The summed E-state index contributed by atoms with van der Waals surface area (Å²) in [6.45, 7) is -0.176. The van der Waals surface area contributed by atoms with E-state index in [0.717, 1.165) is 10.8 Å². The van der Waals surface area contributed by atoms with E-state index in [1.807, 2.05) is 36.4 Å². The minimum atomic E-state index is -0.565. The van der Waals surface area contributed by atoms with Crippen LogP contribution in [0, 0.1) is 10.1 Å². The number of rotatable bonds is 5. The van der Waals surface area contributed by atoms with Gasteiger partial charge in [0.2, 0.25) is 5.91 Å². The van der Waals surface area contributed by atoms with E-state index < -0.39 is 10.8 Å². The zero-order valence-electron chi connectivity index (χ0n) is 14.6. The molecule has 0 bridgehead atoms. The Labute approximate surface area is 155 Å².